The van der Waals surface area contributed by atoms with Crippen molar-refractivity contribution < 1.29 is 14.3 Å². The SMILES string of the molecule is CCCCCCN(C)c1ccc2c(c1)Oc1ccc(Nc3ccccc3)cc1C21OC(=O)c2ccccc21. The summed E-state index contributed by atoms with van der Waals surface area (Å²) in [6, 6.07) is 29.9. The molecule has 192 valence electrons. The zero-order valence-corrected chi connectivity index (χ0v) is 21.9. The minimum absolute atomic E-state index is 0.321. The molecule has 1 spiro atoms. The van der Waals surface area contributed by atoms with E-state index >= 15 is 0 Å². The fraction of sp³-hybridized carbons (Fsp3) is 0.242. The van der Waals surface area contributed by atoms with Gasteiger partial charge in [-0.15, -0.1) is 0 Å². The van der Waals surface area contributed by atoms with E-state index in [1.807, 2.05) is 72.8 Å². The van der Waals surface area contributed by atoms with Crippen LogP contribution in [0.15, 0.2) is 91.0 Å². The molecule has 5 nitrogen and oxygen atoms in total. The summed E-state index contributed by atoms with van der Waals surface area (Å²) in [5, 5.41) is 3.47. The van der Waals surface area contributed by atoms with E-state index in [0.29, 0.717) is 17.1 Å². The standard InChI is InChI=1S/C33H32N2O3/c1-3-4-5-11-20-35(2)25-17-18-28-31(22-25)37-30-19-16-24(34-23-12-7-6-8-13-23)21-29(30)33(28)27-15-10-9-14-26(27)32(36)38-33/h6-10,12-19,21-22,34H,3-5,11,20H2,1-2H3. The van der Waals surface area contributed by atoms with Gasteiger partial charge in [-0.25, -0.2) is 4.79 Å². The van der Waals surface area contributed by atoms with Gasteiger partial charge in [-0.2, -0.15) is 0 Å². The van der Waals surface area contributed by atoms with Gasteiger partial charge in [-0.05, 0) is 55.0 Å². The monoisotopic (exact) mass is 504 g/mol. The van der Waals surface area contributed by atoms with Crippen molar-refractivity contribution in [3.05, 3.63) is 113 Å². The highest BCUT2D eigenvalue weighted by Crippen LogP contribution is 2.57. The van der Waals surface area contributed by atoms with Crippen LogP contribution >= 0.6 is 0 Å². The molecule has 2 aliphatic rings. The predicted molar refractivity (Wildman–Crippen MR) is 152 cm³/mol. The minimum atomic E-state index is -1.08. The Hall–Kier alpha value is -4.25. The third-order valence-corrected chi connectivity index (χ3v) is 7.55. The number of unbranched alkanes of at least 4 members (excludes halogenated alkanes) is 3. The molecule has 38 heavy (non-hydrogen) atoms. The van der Waals surface area contributed by atoms with E-state index in [2.05, 4.69) is 42.4 Å². The molecular formula is C33H32N2O3. The molecule has 0 saturated carbocycles. The van der Waals surface area contributed by atoms with Crippen LogP contribution in [0.25, 0.3) is 0 Å². The lowest BCUT2D eigenvalue weighted by Gasteiger charge is -2.37. The lowest BCUT2D eigenvalue weighted by molar-refractivity contribution is 0.0224. The van der Waals surface area contributed by atoms with Crippen LogP contribution in [0, 0.1) is 0 Å². The van der Waals surface area contributed by atoms with Gasteiger partial charge in [0.15, 0.2) is 5.60 Å². The molecule has 0 amide bonds. The van der Waals surface area contributed by atoms with Crippen molar-refractivity contribution >= 4 is 23.0 Å². The van der Waals surface area contributed by atoms with Gasteiger partial charge in [0, 0.05) is 53.4 Å². The average molecular weight is 505 g/mol. The number of rotatable bonds is 8. The molecule has 1 N–H and O–H groups in total. The molecule has 1 unspecified atom stereocenters. The molecule has 0 bridgehead atoms. The molecule has 2 heterocycles. The quantitative estimate of drug-likeness (QED) is 0.194. The highest BCUT2D eigenvalue weighted by molar-refractivity contribution is 5.97. The highest BCUT2D eigenvalue weighted by Gasteiger charge is 2.53. The largest absolute Gasteiger partial charge is 0.456 e. The molecule has 5 heteroatoms. The summed E-state index contributed by atoms with van der Waals surface area (Å²) in [6.07, 6.45) is 4.86. The van der Waals surface area contributed by atoms with Crippen molar-refractivity contribution in [2.24, 2.45) is 0 Å². The van der Waals surface area contributed by atoms with E-state index in [1.54, 1.807) is 0 Å². The van der Waals surface area contributed by atoms with Gasteiger partial charge in [-0.1, -0.05) is 62.6 Å². The lowest BCUT2D eigenvalue weighted by atomic mass is 9.77. The van der Waals surface area contributed by atoms with E-state index in [9.17, 15) is 4.79 Å². The second-order valence-corrected chi connectivity index (χ2v) is 10.1. The van der Waals surface area contributed by atoms with Crippen LogP contribution in [-0.4, -0.2) is 19.6 Å². The van der Waals surface area contributed by atoms with Crippen LogP contribution in [0.3, 0.4) is 0 Å². The molecule has 0 aliphatic carbocycles. The van der Waals surface area contributed by atoms with Crippen molar-refractivity contribution in [2.75, 3.05) is 23.8 Å². The number of benzene rings is 4. The van der Waals surface area contributed by atoms with E-state index in [-0.39, 0.29) is 5.97 Å². The number of carbonyl (C=O) groups is 1. The summed E-state index contributed by atoms with van der Waals surface area (Å²) in [5.41, 5.74) is 4.95. The van der Waals surface area contributed by atoms with E-state index < -0.39 is 5.60 Å². The lowest BCUT2D eigenvalue weighted by Crippen LogP contribution is -2.33. The third-order valence-electron chi connectivity index (χ3n) is 7.55. The fourth-order valence-corrected chi connectivity index (χ4v) is 5.57. The summed E-state index contributed by atoms with van der Waals surface area (Å²) in [5.74, 6) is 1.07. The molecule has 0 radical (unpaired) electrons. The number of hydrogen-bond acceptors (Lipinski definition) is 5. The van der Waals surface area contributed by atoms with Crippen LogP contribution in [0.2, 0.25) is 0 Å². The maximum absolute atomic E-state index is 13.2. The third kappa shape index (κ3) is 4.08. The number of nitrogens with zero attached hydrogens (tertiary/aromatic N) is 1. The molecule has 1 atom stereocenters. The zero-order valence-electron chi connectivity index (χ0n) is 21.9. The predicted octanol–water partition coefficient (Wildman–Crippen LogP) is 8.01. The summed E-state index contributed by atoms with van der Waals surface area (Å²) in [6.45, 7) is 3.21. The number of esters is 1. The molecular weight excluding hydrogens is 472 g/mol. The van der Waals surface area contributed by atoms with E-state index in [0.717, 1.165) is 46.7 Å². The number of fused-ring (bicyclic) bond motifs is 6. The first-order valence-corrected chi connectivity index (χ1v) is 13.4. The second-order valence-electron chi connectivity index (χ2n) is 10.1. The van der Waals surface area contributed by atoms with E-state index in [4.69, 9.17) is 9.47 Å². The summed E-state index contributed by atoms with van der Waals surface area (Å²) < 4.78 is 12.9. The van der Waals surface area contributed by atoms with Crippen molar-refractivity contribution in [1.29, 1.82) is 0 Å². The highest BCUT2D eigenvalue weighted by atomic mass is 16.6. The average Bonchev–Trinajstić information content (AvgIpc) is 3.24. The van der Waals surface area contributed by atoms with Gasteiger partial charge in [0.25, 0.3) is 0 Å². The molecule has 4 aromatic rings. The molecule has 0 saturated heterocycles. The Kier molecular flexibility index (Phi) is 6.28. The fourth-order valence-electron chi connectivity index (χ4n) is 5.57. The van der Waals surface area contributed by atoms with Gasteiger partial charge < -0.3 is 19.7 Å². The Labute approximate surface area is 224 Å². The first-order valence-electron chi connectivity index (χ1n) is 13.4. The molecule has 2 aliphatic heterocycles. The minimum Gasteiger partial charge on any atom is -0.456 e. The van der Waals surface area contributed by atoms with E-state index in [1.165, 1.54) is 19.3 Å². The van der Waals surface area contributed by atoms with Crippen molar-refractivity contribution in [3.63, 3.8) is 0 Å². The first-order chi connectivity index (χ1) is 18.6. The Morgan fingerprint density at radius 3 is 2.42 bits per heavy atom. The van der Waals surface area contributed by atoms with Gasteiger partial charge in [0.1, 0.15) is 11.5 Å². The number of anilines is 3. The van der Waals surface area contributed by atoms with Crippen molar-refractivity contribution in [1.82, 2.24) is 0 Å². The Morgan fingerprint density at radius 1 is 0.763 bits per heavy atom. The molecule has 6 rings (SSSR count). The van der Waals surface area contributed by atoms with Crippen LogP contribution < -0.4 is 15.0 Å². The number of nitrogens with one attached hydrogen (secondary N) is 1. The van der Waals surface area contributed by atoms with Gasteiger partial charge in [0.2, 0.25) is 0 Å². The van der Waals surface area contributed by atoms with Crippen molar-refractivity contribution in [3.8, 4) is 11.5 Å². The van der Waals surface area contributed by atoms with Gasteiger partial charge in [0.05, 0.1) is 5.56 Å². The Morgan fingerprint density at radius 2 is 1.58 bits per heavy atom. The molecule has 4 aromatic carbocycles. The number of carbonyl (C=O) groups excluding carboxylic acids is 1. The number of ether oxygens (including phenoxy) is 2. The van der Waals surface area contributed by atoms with Crippen molar-refractivity contribution in [2.45, 2.75) is 38.2 Å². The van der Waals surface area contributed by atoms with Crippen LogP contribution in [0.5, 0.6) is 11.5 Å². The smallest absolute Gasteiger partial charge is 0.340 e. The zero-order chi connectivity index (χ0) is 26.1. The maximum Gasteiger partial charge on any atom is 0.340 e. The summed E-state index contributed by atoms with van der Waals surface area (Å²) in [4.78, 5) is 15.5. The Balaban J connectivity index is 1.44. The second kappa shape index (κ2) is 9.90. The topological polar surface area (TPSA) is 50.8 Å². The maximum atomic E-state index is 13.2. The van der Waals surface area contributed by atoms with Gasteiger partial charge in [-0.3, -0.25) is 0 Å². The number of para-hydroxylation sites is 1. The molecule has 0 fully saturated rings. The van der Waals surface area contributed by atoms with Gasteiger partial charge >= 0.3 is 5.97 Å². The Bertz CT molecular complexity index is 1480. The summed E-state index contributed by atoms with van der Waals surface area (Å²) >= 11 is 0. The van der Waals surface area contributed by atoms with Crippen LogP contribution in [0.1, 0.15) is 59.7 Å². The first kappa shape index (κ1) is 24.1. The normalized spacial score (nSPS) is 16.7. The van der Waals surface area contributed by atoms with Crippen LogP contribution in [0.4, 0.5) is 17.1 Å². The number of hydrogen-bond donors (Lipinski definition) is 1. The molecule has 0 aromatic heterocycles. The van der Waals surface area contributed by atoms with Crippen LogP contribution in [-0.2, 0) is 10.3 Å². The summed E-state index contributed by atoms with van der Waals surface area (Å²) in [7, 11) is 2.12.